The van der Waals surface area contributed by atoms with Crippen molar-refractivity contribution in [2.24, 2.45) is 0 Å². The molecule has 2 aromatic carbocycles. The highest BCUT2D eigenvalue weighted by Gasteiger charge is 2.28. The van der Waals surface area contributed by atoms with Crippen molar-refractivity contribution in [2.75, 3.05) is 6.61 Å². The molecule has 0 saturated carbocycles. The highest BCUT2D eigenvalue weighted by atomic mass is 16.5. The number of ether oxygens (including phenoxy) is 2. The molecule has 0 aromatic heterocycles. The molecule has 0 aliphatic heterocycles. The van der Waals surface area contributed by atoms with Crippen LogP contribution in [-0.4, -0.2) is 41.4 Å². The summed E-state index contributed by atoms with van der Waals surface area (Å²) in [5.41, 5.74) is 1.91. The Balaban J connectivity index is 1.87. The van der Waals surface area contributed by atoms with Gasteiger partial charge < -0.3 is 24.5 Å². The zero-order valence-electron chi connectivity index (χ0n) is 14.0. The molecule has 0 fully saturated rings. The number of rotatable bonds is 11. The molecule has 3 atom stereocenters. The second kappa shape index (κ2) is 10.7. The summed E-state index contributed by atoms with van der Waals surface area (Å²) in [6, 6.07) is 19.0. The van der Waals surface area contributed by atoms with Crippen molar-refractivity contribution in [2.45, 2.75) is 37.9 Å². The summed E-state index contributed by atoms with van der Waals surface area (Å²) in [4.78, 5) is 10.7. The van der Waals surface area contributed by atoms with Gasteiger partial charge in [0.25, 0.3) is 0 Å². The first-order chi connectivity index (χ1) is 12.2. The van der Waals surface area contributed by atoms with Gasteiger partial charge in [0.05, 0.1) is 25.9 Å². The molecule has 0 unspecified atom stereocenters. The average Bonchev–Trinajstić information content (AvgIpc) is 2.64. The van der Waals surface area contributed by atoms with Crippen LogP contribution in [-0.2, 0) is 27.5 Å². The Labute approximate surface area is 147 Å². The van der Waals surface area contributed by atoms with E-state index in [-0.39, 0.29) is 19.6 Å². The summed E-state index contributed by atoms with van der Waals surface area (Å²) >= 11 is 0. The summed E-state index contributed by atoms with van der Waals surface area (Å²) < 4.78 is 11.2. The van der Waals surface area contributed by atoms with Crippen molar-refractivity contribution >= 4 is 6.29 Å². The van der Waals surface area contributed by atoms with Crippen molar-refractivity contribution in [3.8, 4) is 0 Å². The Morgan fingerprint density at radius 1 is 0.840 bits per heavy atom. The molecule has 0 heterocycles. The first-order valence-corrected chi connectivity index (χ1v) is 8.27. The maximum absolute atomic E-state index is 10.7. The van der Waals surface area contributed by atoms with Crippen LogP contribution in [0, 0.1) is 0 Å². The molecular formula is C20H24O5. The summed E-state index contributed by atoms with van der Waals surface area (Å²) in [5, 5.41) is 20.4. The number of benzene rings is 2. The van der Waals surface area contributed by atoms with E-state index in [1.54, 1.807) is 0 Å². The lowest BCUT2D eigenvalue weighted by Crippen LogP contribution is -2.42. The molecule has 25 heavy (non-hydrogen) atoms. The molecular weight excluding hydrogens is 320 g/mol. The highest BCUT2D eigenvalue weighted by Crippen LogP contribution is 2.13. The molecule has 0 spiro atoms. The maximum atomic E-state index is 10.7. The van der Waals surface area contributed by atoms with Gasteiger partial charge in [-0.05, 0) is 11.1 Å². The van der Waals surface area contributed by atoms with E-state index in [0.717, 1.165) is 11.1 Å². The number of hydrogen-bond donors (Lipinski definition) is 2. The van der Waals surface area contributed by atoms with Gasteiger partial charge >= 0.3 is 0 Å². The fourth-order valence-corrected chi connectivity index (χ4v) is 2.44. The molecule has 0 amide bonds. The van der Waals surface area contributed by atoms with Crippen molar-refractivity contribution in [3.63, 3.8) is 0 Å². The smallest absolute Gasteiger partial charge is 0.122 e. The van der Waals surface area contributed by atoms with Gasteiger partial charge in [0.2, 0.25) is 0 Å². The normalized spacial score (nSPS) is 14.6. The minimum Gasteiger partial charge on any atom is -0.390 e. The van der Waals surface area contributed by atoms with Crippen LogP contribution >= 0.6 is 0 Å². The van der Waals surface area contributed by atoms with Crippen LogP contribution in [0.15, 0.2) is 60.7 Å². The average molecular weight is 344 g/mol. The topological polar surface area (TPSA) is 76.0 Å². The molecule has 2 aromatic rings. The second-order valence-electron chi connectivity index (χ2n) is 5.80. The molecule has 2 N–H and O–H groups in total. The van der Waals surface area contributed by atoms with Gasteiger partial charge in [0, 0.05) is 6.42 Å². The fourth-order valence-electron chi connectivity index (χ4n) is 2.44. The number of aliphatic hydroxyl groups is 2. The predicted molar refractivity (Wildman–Crippen MR) is 93.8 cm³/mol. The number of carbonyl (C=O) groups excluding carboxylic acids is 1. The van der Waals surface area contributed by atoms with Gasteiger partial charge in [0.1, 0.15) is 18.5 Å². The fraction of sp³-hybridized carbons (Fsp3) is 0.350. The minimum absolute atomic E-state index is 0.00423. The standard InChI is InChI=1S/C20H24O5/c21-12-11-18(22)20(25-14-17-9-5-2-6-10-17)19(23)15-24-13-16-7-3-1-4-8-16/h1-10,12,18-20,22-23H,11,13-15H2/t18-,19+,20+/m0/s1. The van der Waals surface area contributed by atoms with E-state index < -0.39 is 18.3 Å². The van der Waals surface area contributed by atoms with Crippen molar-refractivity contribution in [1.29, 1.82) is 0 Å². The van der Waals surface area contributed by atoms with Crippen LogP contribution in [0.1, 0.15) is 17.5 Å². The van der Waals surface area contributed by atoms with Crippen LogP contribution in [0.25, 0.3) is 0 Å². The predicted octanol–water partition coefficient (Wildman–Crippen LogP) is 2.10. The molecule has 0 radical (unpaired) electrons. The van der Waals surface area contributed by atoms with Crippen LogP contribution in [0.4, 0.5) is 0 Å². The Hall–Kier alpha value is -2.05. The third-order valence-corrected chi connectivity index (χ3v) is 3.78. The molecule has 0 aliphatic rings. The Morgan fingerprint density at radius 3 is 1.96 bits per heavy atom. The van der Waals surface area contributed by atoms with E-state index in [0.29, 0.717) is 12.9 Å². The monoisotopic (exact) mass is 344 g/mol. The minimum atomic E-state index is -1.09. The van der Waals surface area contributed by atoms with Crippen molar-refractivity contribution in [1.82, 2.24) is 0 Å². The van der Waals surface area contributed by atoms with E-state index in [1.165, 1.54) is 0 Å². The van der Waals surface area contributed by atoms with Gasteiger partial charge in [-0.25, -0.2) is 0 Å². The molecule has 0 saturated heterocycles. The molecule has 0 aliphatic carbocycles. The molecule has 5 nitrogen and oxygen atoms in total. The SMILES string of the molecule is O=CC[C@H](O)[C@@H](OCc1ccccc1)[C@H](O)COCc1ccccc1. The van der Waals surface area contributed by atoms with Gasteiger partial charge in [-0.1, -0.05) is 60.7 Å². The number of hydrogen-bond acceptors (Lipinski definition) is 5. The summed E-state index contributed by atoms with van der Waals surface area (Å²) in [5.74, 6) is 0. The van der Waals surface area contributed by atoms with Gasteiger partial charge in [-0.2, -0.15) is 0 Å². The third-order valence-electron chi connectivity index (χ3n) is 3.78. The van der Waals surface area contributed by atoms with E-state index in [9.17, 15) is 15.0 Å². The summed E-state index contributed by atoms with van der Waals surface area (Å²) in [6.45, 7) is 0.592. The molecule has 134 valence electrons. The van der Waals surface area contributed by atoms with Gasteiger partial charge in [-0.15, -0.1) is 0 Å². The van der Waals surface area contributed by atoms with Crippen molar-refractivity contribution < 1.29 is 24.5 Å². The quantitative estimate of drug-likeness (QED) is 0.611. The van der Waals surface area contributed by atoms with Crippen LogP contribution in [0.3, 0.4) is 0 Å². The van der Waals surface area contributed by atoms with E-state index >= 15 is 0 Å². The van der Waals surface area contributed by atoms with E-state index in [1.807, 2.05) is 60.7 Å². The lowest BCUT2D eigenvalue weighted by Gasteiger charge is -2.27. The zero-order chi connectivity index (χ0) is 17.9. The lowest BCUT2D eigenvalue weighted by molar-refractivity contribution is -0.134. The first-order valence-electron chi connectivity index (χ1n) is 8.27. The number of aliphatic hydroxyl groups excluding tert-OH is 2. The van der Waals surface area contributed by atoms with E-state index in [2.05, 4.69) is 0 Å². The van der Waals surface area contributed by atoms with Gasteiger partial charge in [-0.3, -0.25) is 0 Å². The molecule has 2 rings (SSSR count). The first kappa shape index (κ1) is 19.3. The largest absolute Gasteiger partial charge is 0.390 e. The lowest BCUT2D eigenvalue weighted by atomic mass is 10.1. The molecule has 0 bridgehead atoms. The third kappa shape index (κ3) is 6.76. The Morgan fingerprint density at radius 2 is 1.40 bits per heavy atom. The Bertz CT molecular complexity index is 602. The Kier molecular flexibility index (Phi) is 8.28. The highest BCUT2D eigenvalue weighted by molar-refractivity contribution is 5.50. The number of aldehydes is 1. The second-order valence-corrected chi connectivity index (χ2v) is 5.80. The van der Waals surface area contributed by atoms with Crippen LogP contribution in [0.2, 0.25) is 0 Å². The van der Waals surface area contributed by atoms with Crippen LogP contribution in [0.5, 0.6) is 0 Å². The maximum Gasteiger partial charge on any atom is 0.122 e. The molecule has 5 heteroatoms. The summed E-state index contributed by atoms with van der Waals surface area (Å²) in [6.07, 6.45) is -2.52. The van der Waals surface area contributed by atoms with Crippen LogP contribution < -0.4 is 0 Å². The number of carbonyl (C=O) groups is 1. The van der Waals surface area contributed by atoms with Crippen molar-refractivity contribution in [3.05, 3.63) is 71.8 Å². The van der Waals surface area contributed by atoms with Gasteiger partial charge in [0.15, 0.2) is 0 Å². The van der Waals surface area contributed by atoms with E-state index in [4.69, 9.17) is 9.47 Å². The summed E-state index contributed by atoms with van der Waals surface area (Å²) in [7, 11) is 0. The zero-order valence-corrected chi connectivity index (χ0v) is 14.0.